The number of unbranched alkanes of at least 4 members (excludes halogenated alkanes) is 29. The molecule has 1 N–H and O–H groups in total. The van der Waals surface area contributed by atoms with Crippen LogP contribution in [0.3, 0.4) is 0 Å². The summed E-state index contributed by atoms with van der Waals surface area (Å²) in [5.41, 5.74) is 0. The molecule has 0 spiro atoms. The van der Waals surface area contributed by atoms with Gasteiger partial charge in [0, 0.05) is 12.8 Å². The first-order chi connectivity index (χ1) is 37.0. The number of hydrogen-bond acceptors (Lipinski definition) is 7. The largest absolute Gasteiger partial charge is 0.472 e. The molecule has 0 rings (SSSR count). The van der Waals surface area contributed by atoms with E-state index in [0.29, 0.717) is 17.4 Å². The fourth-order valence-electron chi connectivity index (χ4n) is 8.64. The van der Waals surface area contributed by atoms with Crippen molar-refractivity contribution in [3.63, 3.8) is 0 Å². The van der Waals surface area contributed by atoms with Crippen LogP contribution in [0.5, 0.6) is 0 Å². The standard InChI is InChI=1S/C66H118NO8P/c1-6-8-10-12-14-16-18-20-22-24-26-28-30-32-33-35-36-38-40-42-44-46-48-50-52-54-56-58-65(68)72-62-64(63-74-76(70,71)73-61-60-67(3,4)5)75-66(69)59-57-55-53-51-49-47-45-43-41-39-37-34-31-29-27-25-23-21-19-17-15-13-11-9-7-2/h9,11,15,17,21,23,27,29,34,37,41,43,47,49,64H,6-8,10,12-14,16,18-20,22,24-26,28,30-33,35-36,38-40,42,44-46,48,50-63H2,1-5H3/p+1/b11-9-,17-15-,23-21-,29-27-,37-34-,43-41-,49-47-. The second-order valence-corrected chi connectivity index (χ2v) is 23.5. The van der Waals surface area contributed by atoms with E-state index in [1.807, 2.05) is 21.1 Å². The van der Waals surface area contributed by atoms with Crippen LogP contribution in [0.4, 0.5) is 0 Å². The van der Waals surface area contributed by atoms with E-state index in [9.17, 15) is 19.0 Å². The van der Waals surface area contributed by atoms with Crippen LogP contribution in [-0.2, 0) is 32.7 Å². The molecule has 0 aliphatic carbocycles. The number of phosphoric acid groups is 1. The van der Waals surface area contributed by atoms with Crippen molar-refractivity contribution in [2.24, 2.45) is 0 Å². The Balaban J connectivity index is 4.17. The molecular weight excluding hydrogens is 966 g/mol. The summed E-state index contributed by atoms with van der Waals surface area (Å²) in [6.45, 7) is 4.31. The average molecular weight is 1090 g/mol. The van der Waals surface area contributed by atoms with Gasteiger partial charge in [-0.2, -0.15) is 0 Å². The molecule has 76 heavy (non-hydrogen) atoms. The summed E-state index contributed by atoms with van der Waals surface area (Å²) in [6.07, 6.45) is 76.7. The lowest BCUT2D eigenvalue weighted by Gasteiger charge is -2.24. The van der Waals surface area contributed by atoms with Gasteiger partial charge in [0.2, 0.25) is 0 Å². The van der Waals surface area contributed by atoms with E-state index in [1.165, 1.54) is 154 Å². The molecular formula is C66H119NO8P+. The van der Waals surface area contributed by atoms with E-state index in [2.05, 4.69) is 98.9 Å². The molecule has 0 aromatic rings. The van der Waals surface area contributed by atoms with Crippen LogP contribution in [0, 0.1) is 0 Å². The normalized spacial score (nSPS) is 13.8. The molecule has 0 amide bonds. The molecule has 2 unspecified atom stereocenters. The molecule has 10 heteroatoms. The minimum atomic E-state index is -4.40. The summed E-state index contributed by atoms with van der Waals surface area (Å²) in [5, 5.41) is 0. The van der Waals surface area contributed by atoms with Gasteiger partial charge in [-0.05, 0) is 70.6 Å². The predicted molar refractivity (Wildman–Crippen MR) is 325 cm³/mol. The summed E-state index contributed by atoms with van der Waals surface area (Å²) < 4.78 is 34.6. The number of ether oxygens (including phenoxy) is 2. The number of nitrogens with zero attached hydrogens (tertiary/aromatic N) is 1. The lowest BCUT2D eigenvalue weighted by atomic mass is 10.0. The second-order valence-electron chi connectivity index (χ2n) is 22.1. The quantitative estimate of drug-likeness (QED) is 0.0211. The highest BCUT2D eigenvalue weighted by atomic mass is 31.2. The summed E-state index contributed by atoms with van der Waals surface area (Å²) in [7, 11) is 1.45. The lowest BCUT2D eigenvalue weighted by molar-refractivity contribution is -0.870. The zero-order chi connectivity index (χ0) is 55.6. The van der Waals surface area contributed by atoms with Crippen molar-refractivity contribution in [3.8, 4) is 0 Å². The van der Waals surface area contributed by atoms with Crippen molar-refractivity contribution >= 4 is 19.8 Å². The molecule has 0 aromatic heterocycles. The first kappa shape index (κ1) is 73.2. The van der Waals surface area contributed by atoms with Gasteiger partial charge < -0.3 is 18.9 Å². The number of carbonyl (C=O) groups excluding carboxylic acids is 2. The predicted octanol–water partition coefficient (Wildman–Crippen LogP) is 19.8. The van der Waals surface area contributed by atoms with Crippen LogP contribution in [-0.4, -0.2) is 74.9 Å². The Morgan fingerprint density at radius 1 is 0.421 bits per heavy atom. The molecule has 0 bridgehead atoms. The first-order valence-electron chi connectivity index (χ1n) is 31.3. The third kappa shape index (κ3) is 60.4. The fourth-order valence-corrected chi connectivity index (χ4v) is 9.39. The SMILES string of the molecule is CC/C=C\C/C=C\C/C=C\C/C=C\C/C=C\C/C=C\C/C=C\CCCCCC(=O)OC(COC(=O)CCCCCCCCCCCCCCCCCCCCCCCCCCCCC)COP(=O)(O)OCC[N+](C)(C)C. The molecule has 0 radical (unpaired) electrons. The van der Waals surface area contributed by atoms with Gasteiger partial charge in [-0.3, -0.25) is 18.6 Å². The Morgan fingerprint density at radius 2 is 0.750 bits per heavy atom. The van der Waals surface area contributed by atoms with Crippen molar-refractivity contribution in [1.29, 1.82) is 0 Å². The molecule has 0 aliphatic heterocycles. The zero-order valence-electron chi connectivity index (χ0n) is 50.0. The molecule has 2 atom stereocenters. The number of rotatable bonds is 57. The maximum Gasteiger partial charge on any atom is 0.472 e. The van der Waals surface area contributed by atoms with Crippen molar-refractivity contribution in [2.75, 3.05) is 47.5 Å². The average Bonchev–Trinajstić information content (AvgIpc) is 3.38. The molecule has 0 saturated heterocycles. The number of carbonyl (C=O) groups is 2. The van der Waals surface area contributed by atoms with Crippen LogP contribution in [0.15, 0.2) is 85.1 Å². The third-order valence-corrected chi connectivity index (χ3v) is 14.4. The topological polar surface area (TPSA) is 108 Å². The van der Waals surface area contributed by atoms with Crippen LogP contribution >= 0.6 is 7.82 Å². The van der Waals surface area contributed by atoms with Crippen molar-refractivity contribution < 1.29 is 42.1 Å². The zero-order valence-corrected chi connectivity index (χ0v) is 50.9. The lowest BCUT2D eigenvalue weighted by Crippen LogP contribution is -2.37. The highest BCUT2D eigenvalue weighted by Crippen LogP contribution is 2.43. The van der Waals surface area contributed by atoms with Gasteiger partial charge in [-0.15, -0.1) is 0 Å². The van der Waals surface area contributed by atoms with Crippen LogP contribution in [0.2, 0.25) is 0 Å². The van der Waals surface area contributed by atoms with Crippen LogP contribution < -0.4 is 0 Å². The Bertz CT molecular complexity index is 1560. The molecule has 440 valence electrons. The summed E-state index contributed by atoms with van der Waals surface area (Å²) >= 11 is 0. The maximum absolute atomic E-state index is 12.8. The minimum absolute atomic E-state index is 0.0219. The van der Waals surface area contributed by atoms with Gasteiger partial charge in [-0.25, -0.2) is 4.57 Å². The number of likely N-dealkylation sites (N-methyl/N-ethyl adjacent to an activating group) is 1. The first-order valence-corrected chi connectivity index (χ1v) is 32.8. The van der Waals surface area contributed by atoms with Crippen LogP contribution in [0.25, 0.3) is 0 Å². The number of quaternary nitrogens is 1. The molecule has 0 aliphatic rings. The molecule has 0 heterocycles. The van der Waals surface area contributed by atoms with Crippen LogP contribution in [0.1, 0.15) is 271 Å². The third-order valence-electron chi connectivity index (χ3n) is 13.4. The monoisotopic (exact) mass is 1080 g/mol. The Morgan fingerprint density at radius 3 is 1.12 bits per heavy atom. The van der Waals surface area contributed by atoms with Gasteiger partial charge in [0.15, 0.2) is 6.10 Å². The van der Waals surface area contributed by atoms with Crippen molar-refractivity contribution in [2.45, 2.75) is 277 Å². The summed E-state index contributed by atoms with van der Waals surface area (Å²) in [6, 6.07) is 0. The van der Waals surface area contributed by atoms with E-state index in [-0.39, 0.29) is 32.0 Å². The van der Waals surface area contributed by atoms with Gasteiger partial charge >= 0.3 is 19.8 Å². The van der Waals surface area contributed by atoms with E-state index < -0.39 is 26.5 Å². The Hall–Kier alpha value is -2.81. The van der Waals surface area contributed by atoms with E-state index in [4.69, 9.17) is 18.5 Å². The molecule has 9 nitrogen and oxygen atoms in total. The Labute approximate surface area is 469 Å². The van der Waals surface area contributed by atoms with E-state index in [1.54, 1.807) is 0 Å². The highest BCUT2D eigenvalue weighted by molar-refractivity contribution is 7.47. The number of esters is 2. The smallest absolute Gasteiger partial charge is 0.462 e. The molecule has 0 fully saturated rings. The van der Waals surface area contributed by atoms with Crippen molar-refractivity contribution in [1.82, 2.24) is 0 Å². The fraction of sp³-hybridized carbons (Fsp3) is 0.758. The second kappa shape index (κ2) is 56.9. The maximum atomic E-state index is 12.8. The number of hydrogen-bond donors (Lipinski definition) is 1. The van der Waals surface area contributed by atoms with E-state index in [0.717, 1.165) is 83.5 Å². The summed E-state index contributed by atoms with van der Waals surface area (Å²) in [5.74, 6) is -0.831. The van der Waals surface area contributed by atoms with E-state index >= 15 is 0 Å². The van der Waals surface area contributed by atoms with Gasteiger partial charge in [0.1, 0.15) is 19.8 Å². The minimum Gasteiger partial charge on any atom is -0.462 e. The molecule has 0 aromatic carbocycles. The van der Waals surface area contributed by atoms with Crippen molar-refractivity contribution in [3.05, 3.63) is 85.1 Å². The molecule has 0 saturated carbocycles. The van der Waals surface area contributed by atoms with Gasteiger partial charge in [0.05, 0.1) is 27.7 Å². The summed E-state index contributed by atoms with van der Waals surface area (Å²) in [4.78, 5) is 35.7. The van der Waals surface area contributed by atoms with Gasteiger partial charge in [-0.1, -0.05) is 272 Å². The highest BCUT2D eigenvalue weighted by Gasteiger charge is 2.27. The number of allylic oxidation sites excluding steroid dienone is 14. The Kier molecular flexibility index (Phi) is 54.8. The number of phosphoric ester groups is 1. The van der Waals surface area contributed by atoms with Gasteiger partial charge in [0.25, 0.3) is 0 Å².